The van der Waals surface area contributed by atoms with Crippen LogP contribution in [0.25, 0.3) is 0 Å². The third-order valence-electron chi connectivity index (χ3n) is 2.16. The Morgan fingerprint density at radius 3 is 2.81 bits per heavy atom. The zero-order valence-corrected chi connectivity index (χ0v) is 8.77. The molecule has 1 aromatic carbocycles. The minimum absolute atomic E-state index is 0.283. The van der Waals surface area contributed by atoms with Gasteiger partial charge in [0.15, 0.2) is 0 Å². The lowest BCUT2D eigenvalue weighted by molar-refractivity contribution is 0.460. The molecule has 0 radical (unpaired) electrons. The van der Waals surface area contributed by atoms with E-state index in [0.717, 1.165) is 0 Å². The smallest absolute Gasteiger partial charge is 0.242 e. The quantitative estimate of drug-likeness (QED) is 0.843. The summed E-state index contributed by atoms with van der Waals surface area (Å²) in [4.78, 5) is 3.96. The van der Waals surface area contributed by atoms with Crippen LogP contribution in [0, 0.1) is 12.7 Å². The average molecular weight is 218 g/mol. The van der Waals surface area contributed by atoms with Gasteiger partial charge in [-0.1, -0.05) is 6.07 Å². The molecule has 82 valence electrons. The Kier molecular flexibility index (Phi) is 2.72. The Hall–Kier alpha value is -2.10. The zero-order valence-electron chi connectivity index (χ0n) is 8.77. The highest BCUT2D eigenvalue weighted by molar-refractivity contribution is 5.48. The number of nitrogen functional groups attached to an aromatic ring is 1. The van der Waals surface area contributed by atoms with Gasteiger partial charge in [0.1, 0.15) is 11.6 Å². The topological polar surface area (TPSA) is 48.1 Å². The number of nitrogens with zero attached hydrogens (tertiary/aromatic N) is 1. The molecule has 0 aliphatic carbocycles. The van der Waals surface area contributed by atoms with Crippen LogP contribution < -0.4 is 10.5 Å². The molecule has 0 saturated heterocycles. The first-order valence-electron chi connectivity index (χ1n) is 4.81. The highest BCUT2D eigenvalue weighted by Crippen LogP contribution is 2.25. The summed E-state index contributed by atoms with van der Waals surface area (Å²) in [5, 5.41) is 0. The molecule has 3 nitrogen and oxygen atoms in total. The molecule has 2 aromatic rings. The van der Waals surface area contributed by atoms with Crippen molar-refractivity contribution in [3.8, 4) is 11.6 Å². The molecule has 1 heterocycles. The third kappa shape index (κ3) is 2.11. The molecule has 2 N–H and O–H groups in total. The summed E-state index contributed by atoms with van der Waals surface area (Å²) in [6.45, 7) is 1.69. The van der Waals surface area contributed by atoms with E-state index in [4.69, 9.17) is 10.5 Å². The van der Waals surface area contributed by atoms with Gasteiger partial charge in [0.05, 0.1) is 5.69 Å². The van der Waals surface area contributed by atoms with Gasteiger partial charge in [-0.25, -0.2) is 9.37 Å². The number of pyridine rings is 1. The van der Waals surface area contributed by atoms with Crippen molar-refractivity contribution in [2.45, 2.75) is 6.92 Å². The van der Waals surface area contributed by atoms with Crippen molar-refractivity contribution in [1.82, 2.24) is 4.98 Å². The molecule has 0 aliphatic heterocycles. The molecule has 0 bridgehead atoms. The van der Waals surface area contributed by atoms with Crippen molar-refractivity contribution >= 4 is 5.69 Å². The van der Waals surface area contributed by atoms with Crippen LogP contribution in [0.4, 0.5) is 10.1 Å². The zero-order chi connectivity index (χ0) is 11.5. The van der Waals surface area contributed by atoms with Crippen LogP contribution in [-0.4, -0.2) is 4.98 Å². The van der Waals surface area contributed by atoms with Crippen molar-refractivity contribution in [1.29, 1.82) is 0 Å². The number of aromatic nitrogens is 1. The molecule has 16 heavy (non-hydrogen) atoms. The predicted molar refractivity (Wildman–Crippen MR) is 59.9 cm³/mol. The standard InChI is InChI=1S/C12H11FN2O/c1-8-4-5-9(7-10(8)13)16-12-11(14)3-2-6-15-12/h2-7H,14H2,1H3. The van der Waals surface area contributed by atoms with E-state index in [2.05, 4.69) is 4.98 Å². The summed E-state index contributed by atoms with van der Waals surface area (Å²) in [7, 11) is 0. The maximum atomic E-state index is 13.3. The molecule has 0 atom stereocenters. The predicted octanol–water partition coefficient (Wildman–Crippen LogP) is 2.90. The summed E-state index contributed by atoms with van der Waals surface area (Å²) >= 11 is 0. The Morgan fingerprint density at radius 1 is 1.31 bits per heavy atom. The summed E-state index contributed by atoms with van der Waals surface area (Å²) in [6, 6.07) is 8.00. The fourth-order valence-corrected chi connectivity index (χ4v) is 1.24. The molecular formula is C12H11FN2O. The number of benzene rings is 1. The summed E-state index contributed by atoms with van der Waals surface area (Å²) in [5.41, 5.74) is 6.65. The van der Waals surface area contributed by atoms with Gasteiger partial charge in [0, 0.05) is 12.3 Å². The Labute approximate surface area is 92.7 Å². The third-order valence-corrected chi connectivity index (χ3v) is 2.16. The van der Waals surface area contributed by atoms with Gasteiger partial charge in [0.2, 0.25) is 5.88 Å². The summed E-state index contributed by atoms with van der Waals surface area (Å²) in [6.07, 6.45) is 1.57. The number of aryl methyl sites for hydroxylation is 1. The molecule has 4 heteroatoms. The lowest BCUT2D eigenvalue weighted by atomic mass is 10.2. The first-order valence-corrected chi connectivity index (χ1v) is 4.81. The van der Waals surface area contributed by atoms with Crippen molar-refractivity contribution in [2.75, 3.05) is 5.73 Å². The Bertz CT molecular complexity index is 514. The maximum absolute atomic E-state index is 13.3. The molecular weight excluding hydrogens is 207 g/mol. The molecule has 0 fully saturated rings. The van der Waals surface area contributed by atoms with Gasteiger partial charge in [-0.05, 0) is 30.7 Å². The Balaban J connectivity index is 2.28. The second-order valence-corrected chi connectivity index (χ2v) is 3.41. The average Bonchev–Trinajstić information content (AvgIpc) is 2.27. The maximum Gasteiger partial charge on any atom is 0.242 e. The van der Waals surface area contributed by atoms with E-state index in [0.29, 0.717) is 17.0 Å². The molecule has 0 amide bonds. The second kappa shape index (κ2) is 4.18. The molecule has 0 saturated carbocycles. The highest BCUT2D eigenvalue weighted by atomic mass is 19.1. The number of hydrogen-bond acceptors (Lipinski definition) is 3. The molecule has 0 aliphatic rings. The van der Waals surface area contributed by atoms with Gasteiger partial charge >= 0.3 is 0 Å². The van der Waals surface area contributed by atoms with Crippen LogP contribution in [-0.2, 0) is 0 Å². The van der Waals surface area contributed by atoms with Gasteiger partial charge < -0.3 is 10.5 Å². The Morgan fingerprint density at radius 2 is 2.12 bits per heavy atom. The highest BCUT2D eigenvalue weighted by Gasteiger charge is 2.04. The first kappa shape index (κ1) is 10.4. The number of ether oxygens (including phenoxy) is 1. The van der Waals surface area contributed by atoms with Gasteiger partial charge in [-0.3, -0.25) is 0 Å². The lowest BCUT2D eigenvalue weighted by Gasteiger charge is -2.07. The molecule has 0 spiro atoms. The van der Waals surface area contributed by atoms with E-state index in [-0.39, 0.29) is 11.7 Å². The van der Waals surface area contributed by atoms with E-state index in [1.165, 1.54) is 6.07 Å². The monoisotopic (exact) mass is 218 g/mol. The van der Waals surface area contributed by atoms with Gasteiger partial charge in [0.25, 0.3) is 0 Å². The minimum Gasteiger partial charge on any atom is -0.437 e. The van der Waals surface area contributed by atoms with Crippen molar-refractivity contribution < 1.29 is 9.13 Å². The molecule has 1 aromatic heterocycles. The fourth-order valence-electron chi connectivity index (χ4n) is 1.24. The summed E-state index contributed by atoms with van der Waals surface area (Å²) in [5.74, 6) is 0.353. The van der Waals surface area contributed by atoms with Crippen LogP contribution >= 0.6 is 0 Å². The number of halogens is 1. The number of rotatable bonds is 2. The van der Waals surface area contributed by atoms with E-state index < -0.39 is 0 Å². The molecule has 0 unspecified atom stereocenters. The fraction of sp³-hybridized carbons (Fsp3) is 0.0833. The van der Waals surface area contributed by atoms with E-state index in [9.17, 15) is 4.39 Å². The summed E-state index contributed by atoms with van der Waals surface area (Å²) < 4.78 is 18.6. The van der Waals surface area contributed by atoms with Crippen LogP contribution in [0.3, 0.4) is 0 Å². The van der Waals surface area contributed by atoms with Crippen molar-refractivity contribution in [3.05, 3.63) is 47.9 Å². The van der Waals surface area contributed by atoms with E-state index in [1.54, 1.807) is 37.4 Å². The normalized spacial score (nSPS) is 10.1. The van der Waals surface area contributed by atoms with Crippen molar-refractivity contribution in [3.63, 3.8) is 0 Å². The van der Waals surface area contributed by atoms with Crippen LogP contribution in [0.15, 0.2) is 36.5 Å². The van der Waals surface area contributed by atoms with E-state index >= 15 is 0 Å². The van der Waals surface area contributed by atoms with Gasteiger partial charge in [-0.2, -0.15) is 0 Å². The van der Waals surface area contributed by atoms with Crippen LogP contribution in [0.1, 0.15) is 5.56 Å². The lowest BCUT2D eigenvalue weighted by Crippen LogP contribution is -1.94. The minimum atomic E-state index is -0.313. The number of hydrogen-bond donors (Lipinski definition) is 1. The van der Waals surface area contributed by atoms with E-state index in [1.807, 2.05) is 0 Å². The SMILES string of the molecule is Cc1ccc(Oc2ncccc2N)cc1F. The van der Waals surface area contributed by atoms with Crippen LogP contribution in [0.5, 0.6) is 11.6 Å². The van der Waals surface area contributed by atoms with Crippen molar-refractivity contribution in [2.24, 2.45) is 0 Å². The van der Waals surface area contributed by atoms with Gasteiger partial charge in [-0.15, -0.1) is 0 Å². The number of nitrogens with two attached hydrogens (primary N) is 1. The largest absolute Gasteiger partial charge is 0.437 e. The molecule has 2 rings (SSSR count). The first-order chi connectivity index (χ1) is 7.66. The second-order valence-electron chi connectivity index (χ2n) is 3.41. The van der Waals surface area contributed by atoms with Crippen LogP contribution in [0.2, 0.25) is 0 Å². The number of anilines is 1.